The molecule has 2 bridgehead atoms. The highest BCUT2D eigenvalue weighted by atomic mass is 79.9. The molecule has 0 aliphatic heterocycles. The van der Waals surface area contributed by atoms with Crippen LogP contribution in [-0.2, 0) is 4.79 Å². The Balaban J connectivity index is 1.66. The number of nitrogens with one attached hydrogen (secondary N) is 1. The third-order valence-corrected chi connectivity index (χ3v) is 5.66. The molecule has 2 fully saturated rings. The monoisotopic (exact) mass is 352 g/mol. The fraction of sp³-hybridized carbons (Fsp3) is 0.625. The maximum Gasteiger partial charge on any atom is 0.306 e. The number of carboxylic acids is 1. The molecule has 1 heterocycles. The molecule has 3 atom stereocenters. The average molecular weight is 353 g/mol. The van der Waals surface area contributed by atoms with E-state index in [0.29, 0.717) is 5.92 Å². The fourth-order valence-electron chi connectivity index (χ4n) is 4.14. The average Bonchev–Trinajstić information content (AvgIpc) is 2.45. The van der Waals surface area contributed by atoms with Gasteiger partial charge in [-0.1, -0.05) is 6.42 Å². The Morgan fingerprint density at radius 1 is 1.43 bits per heavy atom. The van der Waals surface area contributed by atoms with Crippen LogP contribution in [0.5, 0.6) is 0 Å². The number of carboxylic acid groups (broad SMARTS) is 1. The van der Waals surface area contributed by atoms with Gasteiger partial charge in [0.25, 0.3) is 0 Å². The zero-order chi connectivity index (χ0) is 14.9. The van der Waals surface area contributed by atoms with Crippen molar-refractivity contribution in [3.8, 4) is 0 Å². The van der Waals surface area contributed by atoms with Crippen LogP contribution in [0.1, 0.15) is 38.5 Å². The zero-order valence-corrected chi connectivity index (χ0v) is 13.6. The first kappa shape index (κ1) is 14.8. The summed E-state index contributed by atoms with van der Waals surface area (Å²) in [6.45, 7) is 0.925. The molecule has 2 saturated carbocycles. The molecule has 0 saturated heterocycles. The van der Waals surface area contributed by atoms with E-state index in [0.717, 1.165) is 48.8 Å². The van der Waals surface area contributed by atoms with Crippen LogP contribution in [0.4, 0.5) is 5.69 Å². The zero-order valence-electron chi connectivity index (χ0n) is 12.0. The normalized spacial score (nSPS) is 31.7. The van der Waals surface area contributed by atoms with Crippen LogP contribution in [0.2, 0.25) is 0 Å². The molecule has 1 aromatic heterocycles. The van der Waals surface area contributed by atoms with Crippen molar-refractivity contribution in [1.29, 1.82) is 0 Å². The molecule has 0 amide bonds. The summed E-state index contributed by atoms with van der Waals surface area (Å²) in [5, 5.41) is 12.8. The van der Waals surface area contributed by atoms with Gasteiger partial charge in [-0.3, -0.25) is 9.78 Å². The molecule has 21 heavy (non-hydrogen) atoms. The standard InChI is InChI=1S/C16H21BrN2O2/c17-12-6-13(9-18-8-12)19-10-16-4-1-2-11(7-16)14(3-5-16)15(20)21/h6,8-9,11,14,19H,1-5,7,10H2,(H,20,21). The minimum absolute atomic E-state index is 0.119. The molecule has 2 N–H and O–H groups in total. The molecular weight excluding hydrogens is 332 g/mol. The Kier molecular flexibility index (Phi) is 4.20. The van der Waals surface area contributed by atoms with Gasteiger partial charge in [0.05, 0.1) is 17.8 Å². The first-order chi connectivity index (χ1) is 10.1. The second kappa shape index (κ2) is 5.95. The first-order valence-corrected chi connectivity index (χ1v) is 8.45. The number of pyridine rings is 1. The van der Waals surface area contributed by atoms with Crippen molar-refractivity contribution in [1.82, 2.24) is 4.98 Å². The molecule has 2 aliphatic carbocycles. The van der Waals surface area contributed by atoms with Crippen LogP contribution in [-0.4, -0.2) is 22.6 Å². The number of aromatic nitrogens is 1. The SMILES string of the molecule is O=C(O)C1CCC2(CNc3cncc(Br)c3)CCCC1C2. The smallest absolute Gasteiger partial charge is 0.306 e. The van der Waals surface area contributed by atoms with E-state index in [1.54, 1.807) is 6.20 Å². The molecule has 5 heteroatoms. The Hall–Kier alpha value is -1.10. The highest BCUT2D eigenvalue weighted by molar-refractivity contribution is 9.10. The van der Waals surface area contributed by atoms with E-state index < -0.39 is 5.97 Å². The predicted octanol–water partition coefficient (Wildman–Crippen LogP) is 3.93. The molecule has 0 radical (unpaired) electrons. The Morgan fingerprint density at radius 3 is 3.05 bits per heavy atom. The molecule has 3 unspecified atom stereocenters. The summed E-state index contributed by atoms with van der Waals surface area (Å²) < 4.78 is 0.973. The second-order valence-corrected chi connectivity index (χ2v) is 7.50. The molecular formula is C16H21BrN2O2. The van der Waals surface area contributed by atoms with E-state index in [1.807, 2.05) is 12.3 Å². The number of halogens is 1. The number of nitrogens with zero attached hydrogens (tertiary/aromatic N) is 1. The van der Waals surface area contributed by atoms with Gasteiger partial charge >= 0.3 is 5.97 Å². The topological polar surface area (TPSA) is 62.2 Å². The predicted molar refractivity (Wildman–Crippen MR) is 85.2 cm³/mol. The quantitative estimate of drug-likeness (QED) is 0.861. The minimum Gasteiger partial charge on any atom is -0.481 e. The molecule has 0 aromatic carbocycles. The maximum atomic E-state index is 11.3. The fourth-order valence-corrected chi connectivity index (χ4v) is 4.50. The van der Waals surface area contributed by atoms with Gasteiger partial charge in [-0.05, 0) is 65.4 Å². The third-order valence-electron chi connectivity index (χ3n) is 5.22. The number of carbonyl (C=O) groups is 1. The number of rotatable bonds is 4. The summed E-state index contributed by atoms with van der Waals surface area (Å²) in [5.41, 5.74) is 1.30. The summed E-state index contributed by atoms with van der Waals surface area (Å²) in [5.74, 6) is -0.349. The highest BCUT2D eigenvalue weighted by Crippen LogP contribution is 2.51. The molecule has 2 aliphatic rings. The second-order valence-electron chi connectivity index (χ2n) is 6.59. The van der Waals surface area contributed by atoms with Gasteiger partial charge in [-0.25, -0.2) is 0 Å². The van der Waals surface area contributed by atoms with Gasteiger partial charge in [-0.15, -0.1) is 0 Å². The van der Waals surface area contributed by atoms with Gasteiger partial charge in [0, 0.05) is 17.2 Å². The molecule has 3 rings (SSSR count). The lowest BCUT2D eigenvalue weighted by Gasteiger charge is -2.48. The summed E-state index contributed by atoms with van der Waals surface area (Å²) >= 11 is 3.44. The minimum atomic E-state index is -0.598. The largest absolute Gasteiger partial charge is 0.481 e. The molecule has 0 spiro atoms. The Bertz CT molecular complexity index is 537. The van der Waals surface area contributed by atoms with Gasteiger partial charge in [0.15, 0.2) is 0 Å². The van der Waals surface area contributed by atoms with E-state index in [9.17, 15) is 9.90 Å². The van der Waals surface area contributed by atoms with Crippen LogP contribution in [0, 0.1) is 17.3 Å². The molecule has 114 valence electrons. The van der Waals surface area contributed by atoms with Gasteiger partial charge in [0.2, 0.25) is 0 Å². The van der Waals surface area contributed by atoms with Crippen LogP contribution in [0.15, 0.2) is 22.9 Å². The Morgan fingerprint density at radius 2 is 2.29 bits per heavy atom. The van der Waals surface area contributed by atoms with Crippen molar-refractivity contribution >= 4 is 27.6 Å². The summed E-state index contributed by atoms with van der Waals surface area (Å²) in [6, 6.07) is 2.03. The van der Waals surface area contributed by atoms with Crippen molar-refractivity contribution in [3.63, 3.8) is 0 Å². The van der Waals surface area contributed by atoms with Crippen molar-refractivity contribution < 1.29 is 9.90 Å². The molecule has 4 nitrogen and oxygen atoms in total. The summed E-state index contributed by atoms with van der Waals surface area (Å²) in [4.78, 5) is 15.5. The van der Waals surface area contributed by atoms with Crippen molar-refractivity contribution in [3.05, 3.63) is 22.9 Å². The van der Waals surface area contributed by atoms with E-state index >= 15 is 0 Å². The number of hydrogen-bond donors (Lipinski definition) is 2. The van der Waals surface area contributed by atoms with Crippen LogP contribution in [0.25, 0.3) is 0 Å². The van der Waals surface area contributed by atoms with Gasteiger partial charge < -0.3 is 10.4 Å². The van der Waals surface area contributed by atoms with Crippen LogP contribution < -0.4 is 5.32 Å². The first-order valence-electron chi connectivity index (χ1n) is 7.65. The number of aliphatic carboxylic acids is 1. The summed E-state index contributed by atoms with van der Waals surface area (Å²) in [6.07, 6.45) is 9.97. The highest BCUT2D eigenvalue weighted by Gasteiger charge is 2.45. The van der Waals surface area contributed by atoms with Gasteiger partial charge in [0.1, 0.15) is 0 Å². The number of anilines is 1. The van der Waals surface area contributed by atoms with Crippen molar-refractivity contribution in [2.24, 2.45) is 17.3 Å². The lowest BCUT2D eigenvalue weighted by atomic mass is 9.58. The number of hydrogen-bond acceptors (Lipinski definition) is 3. The Labute approximate surface area is 133 Å². The van der Waals surface area contributed by atoms with Crippen LogP contribution >= 0.6 is 15.9 Å². The lowest BCUT2D eigenvalue weighted by Crippen LogP contribution is -2.43. The lowest BCUT2D eigenvalue weighted by molar-refractivity contribution is -0.147. The number of fused-ring (bicyclic) bond motifs is 2. The molecule has 1 aromatic rings. The summed E-state index contributed by atoms with van der Waals surface area (Å²) in [7, 11) is 0. The van der Waals surface area contributed by atoms with E-state index in [-0.39, 0.29) is 11.3 Å². The van der Waals surface area contributed by atoms with E-state index in [4.69, 9.17) is 0 Å². The van der Waals surface area contributed by atoms with Crippen molar-refractivity contribution in [2.75, 3.05) is 11.9 Å². The van der Waals surface area contributed by atoms with Crippen LogP contribution in [0.3, 0.4) is 0 Å². The van der Waals surface area contributed by atoms with Gasteiger partial charge in [-0.2, -0.15) is 0 Å². The third kappa shape index (κ3) is 3.23. The van der Waals surface area contributed by atoms with E-state index in [2.05, 4.69) is 26.2 Å². The van der Waals surface area contributed by atoms with Crippen molar-refractivity contribution in [2.45, 2.75) is 38.5 Å². The maximum absolute atomic E-state index is 11.3. The van der Waals surface area contributed by atoms with E-state index in [1.165, 1.54) is 6.42 Å².